The highest BCUT2D eigenvalue weighted by Crippen LogP contribution is 2.35. The van der Waals surface area contributed by atoms with E-state index < -0.39 is 17.6 Å². The Labute approximate surface area is 173 Å². The van der Waals surface area contributed by atoms with Crippen molar-refractivity contribution in [3.05, 3.63) is 41.7 Å². The van der Waals surface area contributed by atoms with E-state index in [1.54, 1.807) is 16.9 Å². The van der Waals surface area contributed by atoms with Gasteiger partial charge in [-0.25, -0.2) is 0 Å². The van der Waals surface area contributed by atoms with Crippen molar-refractivity contribution in [1.82, 2.24) is 15.1 Å². The second kappa shape index (κ2) is 9.98. The van der Waals surface area contributed by atoms with Gasteiger partial charge in [0.05, 0.1) is 23.9 Å². The Hall–Kier alpha value is -2.26. The van der Waals surface area contributed by atoms with Gasteiger partial charge in [-0.1, -0.05) is 6.92 Å². The molecule has 1 atom stereocenters. The van der Waals surface area contributed by atoms with Crippen LogP contribution in [0.3, 0.4) is 0 Å². The Morgan fingerprint density at radius 1 is 1.38 bits per heavy atom. The number of hydrogen-bond donors (Lipinski definition) is 2. The van der Waals surface area contributed by atoms with E-state index >= 15 is 0 Å². The minimum Gasteiger partial charge on any atom is -0.491 e. The molecule has 10 heteroatoms. The third-order valence-electron chi connectivity index (χ3n) is 4.50. The van der Waals surface area contributed by atoms with E-state index in [1.807, 2.05) is 6.92 Å². The van der Waals surface area contributed by atoms with E-state index in [4.69, 9.17) is 4.74 Å². The highest BCUT2D eigenvalue weighted by molar-refractivity contribution is 6.03. The van der Waals surface area contributed by atoms with Crippen molar-refractivity contribution in [2.75, 3.05) is 25.0 Å². The molecule has 1 fully saturated rings. The van der Waals surface area contributed by atoms with E-state index in [2.05, 4.69) is 15.7 Å². The number of piperidine rings is 1. The maximum atomic E-state index is 13.0. The number of nitrogens with zero attached hydrogens (tertiary/aromatic N) is 2. The van der Waals surface area contributed by atoms with Crippen LogP contribution in [0.25, 0.3) is 0 Å². The molecule has 2 heterocycles. The fourth-order valence-corrected chi connectivity index (χ4v) is 3.05. The Balaban J connectivity index is 0.00000300. The summed E-state index contributed by atoms with van der Waals surface area (Å²) < 4.78 is 46.3. The van der Waals surface area contributed by atoms with Crippen molar-refractivity contribution in [3.63, 3.8) is 0 Å². The Morgan fingerprint density at radius 3 is 2.83 bits per heavy atom. The van der Waals surface area contributed by atoms with Crippen LogP contribution in [0.5, 0.6) is 5.75 Å². The predicted molar refractivity (Wildman–Crippen MR) is 106 cm³/mol. The Kier molecular flexibility index (Phi) is 7.92. The lowest BCUT2D eigenvalue weighted by Crippen LogP contribution is -2.32. The quantitative estimate of drug-likeness (QED) is 0.714. The zero-order chi connectivity index (χ0) is 20.1. The number of ether oxygens (including phenoxy) is 1. The second-order valence-corrected chi connectivity index (χ2v) is 6.69. The first-order valence-electron chi connectivity index (χ1n) is 9.29. The van der Waals surface area contributed by atoms with Crippen molar-refractivity contribution in [2.45, 2.75) is 38.4 Å². The molecular formula is C19H24ClF3N4O2. The van der Waals surface area contributed by atoms with Crippen molar-refractivity contribution >= 4 is 24.0 Å². The molecule has 0 bridgehead atoms. The van der Waals surface area contributed by atoms with Crippen LogP contribution in [0.15, 0.2) is 30.5 Å². The SMILES string of the molecule is CCCOc1ccc(C(F)(F)F)cc1NC(=O)c1ccn(C2CCCNC2)n1.Cl. The van der Waals surface area contributed by atoms with Gasteiger partial charge in [-0.3, -0.25) is 9.48 Å². The number of carbonyl (C=O) groups excluding carboxylic acids is 1. The first-order valence-corrected chi connectivity index (χ1v) is 9.29. The molecule has 1 unspecified atom stereocenters. The normalized spacial score (nSPS) is 16.8. The molecule has 2 N–H and O–H groups in total. The molecule has 2 aromatic rings. The van der Waals surface area contributed by atoms with Gasteiger partial charge in [0.15, 0.2) is 5.69 Å². The molecule has 1 aromatic carbocycles. The summed E-state index contributed by atoms with van der Waals surface area (Å²) in [5, 5.41) is 10.1. The molecule has 160 valence electrons. The molecular weight excluding hydrogens is 409 g/mol. The molecule has 0 saturated carbocycles. The van der Waals surface area contributed by atoms with Crippen molar-refractivity contribution in [3.8, 4) is 5.75 Å². The topological polar surface area (TPSA) is 68.2 Å². The predicted octanol–water partition coefficient (Wildman–Crippen LogP) is 4.29. The maximum absolute atomic E-state index is 13.0. The van der Waals surface area contributed by atoms with Gasteiger partial charge >= 0.3 is 6.18 Å². The van der Waals surface area contributed by atoms with Gasteiger partial charge in [-0.15, -0.1) is 12.4 Å². The number of aromatic nitrogens is 2. The minimum atomic E-state index is -4.52. The average molecular weight is 433 g/mol. The summed E-state index contributed by atoms with van der Waals surface area (Å²) in [4.78, 5) is 12.6. The number of halogens is 4. The Bertz CT molecular complexity index is 820. The van der Waals surface area contributed by atoms with Gasteiger partial charge in [0, 0.05) is 12.7 Å². The van der Waals surface area contributed by atoms with Crippen molar-refractivity contribution < 1.29 is 22.7 Å². The summed E-state index contributed by atoms with van der Waals surface area (Å²) in [5.41, 5.74) is -0.739. The minimum absolute atomic E-state index is 0. The summed E-state index contributed by atoms with van der Waals surface area (Å²) >= 11 is 0. The Morgan fingerprint density at radius 2 is 2.17 bits per heavy atom. The standard InChI is InChI=1S/C19H23F3N4O2.ClH/c1-2-10-28-17-6-5-13(19(20,21)22)11-16(17)24-18(27)15-7-9-26(25-15)14-4-3-8-23-12-14;/h5-7,9,11,14,23H,2-4,8,10,12H2,1H3,(H,24,27);1H. The van der Waals surface area contributed by atoms with Crippen LogP contribution < -0.4 is 15.4 Å². The van der Waals surface area contributed by atoms with Crippen LogP contribution in [0.2, 0.25) is 0 Å². The molecule has 0 spiro atoms. The summed E-state index contributed by atoms with van der Waals surface area (Å²) in [6, 6.07) is 4.76. The maximum Gasteiger partial charge on any atom is 0.416 e. The van der Waals surface area contributed by atoms with Gasteiger partial charge in [-0.05, 0) is 50.1 Å². The number of hydrogen-bond acceptors (Lipinski definition) is 4. The lowest BCUT2D eigenvalue weighted by Gasteiger charge is -2.22. The molecule has 1 aromatic heterocycles. The summed E-state index contributed by atoms with van der Waals surface area (Å²) in [6.45, 7) is 3.94. The van der Waals surface area contributed by atoms with Crippen LogP contribution in [-0.4, -0.2) is 35.4 Å². The summed E-state index contributed by atoms with van der Waals surface area (Å²) in [6.07, 6.45) is -0.132. The highest BCUT2D eigenvalue weighted by atomic mass is 35.5. The van der Waals surface area contributed by atoms with Gasteiger partial charge in [0.1, 0.15) is 5.75 Å². The zero-order valence-corrected chi connectivity index (χ0v) is 16.8. The fourth-order valence-electron chi connectivity index (χ4n) is 3.05. The largest absolute Gasteiger partial charge is 0.491 e. The van der Waals surface area contributed by atoms with E-state index in [1.165, 1.54) is 6.07 Å². The molecule has 0 radical (unpaired) electrons. The first-order chi connectivity index (χ1) is 13.4. The molecule has 6 nitrogen and oxygen atoms in total. The van der Waals surface area contributed by atoms with Crippen LogP contribution in [-0.2, 0) is 6.18 Å². The third-order valence-corrected chi connectivity index (χ3v) is 4.50. The molecule has 1 aliphatic rings. The van der Waals surface area contributed by atoms with E-state index in [0.717, 1.165) is 38.1 Å². The summed E-state index contributed by atoms with van der Waals surface area (Å²) in [5.74, 6) is -0.387. The average Bonchev–Trinajstić information content (AvgIpc) is 3.17. The van der Waals surface area contributed by atoms with Crippen LogP contribution in [0.4, 0.5) is 18.9 Å². The van der Waals surface area contributed by atoms with Gasteiger partial charge in [0.2, 0.25) is 0 Å². The number of nitrogens with one attached hydrogen (secondary N) is 2. The number of carbonyl (C=O) groups is 1. The summed E-state index contributed by atoms with van der Waals surface area (Å²) in [7, 11) is 0. The van der Waals surface area contributed by atoms with Crippen LogP contribution >= 0.6 is 12.4 Å². The van der Waals surface area contributed by atoms with Gasteiger partial charge in [0.25, 0.3) is 5.91 Å². The van der Waals surface area contributed by atoms with E-state index in [9.17, 15) is 18.0 Å². The van der Waals surface area contributed by atoms with Crippen LogP contribution in [0.1, 0.15) is 48.3 Å². The molecule has 0 aliphatic carbocycles. The van der Waals surface area contributed by atoms with E-state index in [0.29, 0.717) is 13.0 Å². The van der Waals surface area contributed by atoms with Crippen molar-refractivity contribution in [2.24, 2.45) is 0 Å². The third kappa shape index (κ3) is 5.86. The molecule has 1 amide bonds. The molecule has 29 heavy (non-hydrogen) atoms. The first kappa shape index (κ1) is 23.0. The number of anilines is 1. The van der Waals surface area contributed by atoms with Crippen LogP contribution in [0, 0.1) is 0 Å². The molecule has 3 rings (SSSR count). The van der Waals surface area contributed by atoms with E-state index in [-0.39, 0.29) is 35.6 Å². The zero-order valence-electron chi connectivity index (χ0n) is 16.0. The van der Waals surface area contributed by atoms with Gasteiger partial charge in [-0.2, -0.15) is 18.3 Å². The fraction of sp³-hybridized carbons (Fsp3) is 0.474. The molecule has 1 aliphatic heterocycles. The number of amides is 1. The monoisotopic (exact) mass is 432 g/mol. The number of rotatable bonds is 6. The highest BCUT2D eigenvalue weighted by Gasteiger charge is 2.31. The van der Waals surface area contributed by atoms with Crippen molar-refractivity contribution in [1.29, 1.82) is 0 Å². The second-order valence-electron chi connectivity index (χ2n) is 6.69. The number of alkyl halides is 3. The van der Waals surface area contributed by atoms with Gasteiger partial charge < -0.3 is 15.4 Å². The number of benzene rings is 1. The smallest absolute Gasteiger partial charge is 0.416 e. The lowest BCUT2D eigenvalue weighted by atomic mass is 10.1. The molecule has 1 saturated heterocycles. The lowest BCUT2D eigenvalue weighted by molar-refractivity contribution is -0.137.